The Morgan fingerprint density at radius 2 is 2.04 bits per heavy atom. The van der Waals surface area contributed by atoms with E-state index in [9.17, 15) is 4.79 Å². The molecule has 1 rings (SSSR count). The molecule has 4 nitrogen and oxygen atoms in total. The minimum atomic E-state index is -0.508. The number of hydrogen-bond donors (Lipinski definition) is 1. The fraction of sp³-hybridized carbons (Fsp3) is 0.444. The van der Waals surface area contributed by atoms with Crippen molar-refractivity contribution in [3.63, 3.8) is 0 Å². The van der Waals surface area contributed by atoms with Crippen LogP contribution in [0.25, 0.3) is 6.08 Å². The molecular weight excluding hydrogens is 356 g/mol. The van der Waals surface area contributed by atoms with E-state index in [2.05, 4.69) is 40.2 Å². The first kappa shape index (κ1) is 19.4. The van der Waals surface area contributed by atoms with Crippen LogP contribution in [-0.4, -0.2) is 18.3 Å². The number of oxime groups is 1. The first-order chi connectivity index (χ1) is 11.0. The molecule has 0 unspecified atom stereocenters. The minimum Gasteiger partial charge on any atom is -0.320 e. The summed E-state index contributed by atoms with van der Waals surface area (Å²) in [5, 5.41) is 6.62. The highest BCUT2D eigenvalue weighted by atomic mass is 79.9. The number of carbonyl (C=O) groups is 1. The van der Waals surface area contributed by atoms with Crippen LogP contribution in [0.3, 0.4) is 0 Å². The van der Waals surface area contributed by atoms with Gasteiger partial charge in [-0.25, -0.2) is 4.79 Å². The van der Waals surface area contributed by atoms with Crippen molar-refractivity contribution in [3.05, 3.63) is 40.4 Å². The number of nitrogens with zero attached hydrogens (tertiary/aromatic N) is 1. The van der Waals surface area contributed by atoms with Gasteiger partial charge in [0.15, 0.2) is 0 Å². The van der Waals surface area contributed by atoms with Gasteiger partial charge in [0.2, 0.25) is 0 Å². The summed E-state index contributed by atoms with van der Waals surface area (Å²) in [5.41, 5.74) is 1.83. The Balaban J connectivity index is 2.70. The number of amides is 1. The van der Waals surface area contributed by atoms with Crippen molar-refractivity contribution in [2.24, 2.45) is 11.1 Å². The Labute approximate surface area is 147 Å². The standard InChI is InChI=1S/C18H25BrN2O2/c1-4-13-20-18(22)23-21-17(11-5-14(2)3)12-8-15-6-9-16(19)10-7-15/h6-10,12,14H,4-5,11,13H2,1-3H3,(H,20,22). The molecule has 0 saturated carbocycles. The summed E-state index contributed by atoms with van der Waals surface area (Å²) in [6.45, 7) is 6.89. The molecular formula is C18H25BrN2O2. The summed E-state index contributed by atoms with van der Waals surface area (Å²) in [5.74, 6) is 0.565. The number of nitrogens with one attached hydrogen (secondary N) is 1. The summed E-state index contributed by atoms with van der Waals surface area (Å²) < 4.78 is 1.04. The molecule has 0 radical (unpaired) electrons. The van der Waals surface area contributed by atoms with E-state index in [1.165, 1.54) is 0 Å². The second-order valence-corrected chi connectivity index (χ2v) is 6.62. The Hall–Kier alpha value is -1.62. The molecule has 0 atom stereocenters. The van der Waals surface area contributed by atoms with E-state index < -0.39 is 6.09 Å². The molecule has 1 aromatic carbocycles. The van der Waals surface area contributed by atoms with Crippen molar-refractivity contribution >= 4 is 33.8 Å². The van der Waals surface area contributed by atoms with E-state index in [1.807, 2.05) is 43.3 Å². The van der Waals surface area contributed by atoms with E-state index in [1.54, 1.807) is 0 Å². The van der Waals surface area contributed by atoms with Crippen LogP contribution in [0, 0.1) is 5.92 Å². The highest BCUT2D eigenvalue weighted by Crippen LogP contribution is 2.12. The maximum absolute atomic E-state index is 11.5. The van der Waals surface area contributed by atoms with Crippen molar-refractivity contribution in [2.45, 2.75) is 40.0 Å². The number of halogens is 1. The molecule has 0 fully saturated rings. The third-order valence-corrected chi connectivity index (χ3v) is 3.61. The van der Waals surface area contributed by atoms with E-state index in [0.29, 0.717) is 12.5 Å². The van der Waals surface area contributed by atoms with Crippen molar-refractivity contribution in [1.82, 2.24) is 5.32 Å². The Morgan fingerprint density at radius 1 is 1.35 bits per heavy atom. The quantitative estimate of drug-likeness (QED) is 0.373. The van der Waals surface area contributed by atoms with Crippen molar-refractivity contribution in [3.8, 4) is 0 Å². The second-order valence-electron chi connectivity index (χ2n) is 5.71. The zero-order valence-electron chi connectivity index (χ0n) is 14.0. The summed E-state index contributed by atoms with van der Waals surface area (Å²) >= 11 is 3.42. The largest absolute Gasteiger partial charge is 0.433 e. The Bertz CT molecular complexity index is 536. The smallest absolute Gasteiger partial charge is 0.320 e. The van der Waals surface area contributed by atoms with Crippen molar-refractivity contribution in [1.29, 1.82) is 0 Å². The third kappa shape index (κ3) is 9.18. The van der Waals surface area contributed by atoms with Gasteiger partial charge in [0.25, 0.3) is 0 Å². The van der Waals surface area contributed by atoms with Crippen molar-refractivity contribution < 1.29 is 9.63 Å². The van der Waals surface area contributed by atoms with Gasteiger partial charge in [-0.15, -0.1) is 0 Å². The first-order valence-electron chi connectivity index (χ1n) is 7.96. The number of benzene rings is 1. The van der Waals surface area contributed by atoms with Gasteiger partial charge in [-0.2, -0.15) is 0 Å². The SMILES string of the molecule is CCCNC(=O)ON=C(C=Cc1ccc(Br)cc1)CCC(C)C. The average Bonchev–Trinajstić information content (AvgIpc) is 2.53. The van der Waals surface area contributed by atoms with Gasteiger partial charge in [0.1, 0.15) is 0 Å². The van der Waals surface area contributed by atoms with Gasteiger partial charge < -0.3 is 5.32 Å². The van der Waals surface area contributed by atoms with Gasteiger partial charge in [0.05, 0.1) is 5.71 Å². The molecule has 0 spiro atoms. The zero-order chi connectivity index (χ0) is 17.1. The maximum Gasteiger partial charge on any atom is 0.433 e. The fourth-order valence-corrected chi connectivity index (χ4v) is 1.99. The summed E-state index contributed by atoms with van der Waals surface area (Å²) in [4.78, 5) is 16.4. The maximum atomic E-state index is 11.5. The normalized spacial score (nSPS) is 12.0. The van der Waals surface area contributed by atoms with Crippen LogP contribution in [0.15, 0.2) is 40.0 Å². The van der Waals surface area contributed by atoms with Gasteiger partial charge in [-0.3, -0.25) is 4.84 Å². The van der Waals surface area contributed by atoms with Crippen LogP contribution >= 0.6 is 15.9 Å². The van der Waals surface area contributed by atoms with Crippen LogP contribution in [-0.2, 0) is 4.84 Å². The molecule has 0 saturated heterocycles. The molecule has 1 aromatic rings. The van der Waals surface area contributed by atoms with Crippen LogP contribution in [0.4, 0.5) is 4.79 Å². The van der Waals surface area contributed by atoms with Gasteiger partial charge >= 0.3 is 6.09 Å². The Morgan fingerprint density at radius 3 is 2.65 bits per heavy atom. The van der Waals surface area contributed by atoms with Crippen molar-refractivity contribution in [2.75, 3.05) is 6.54 Å². The highest BCUT2D eigenvalue weighted by molar-refractivity contribution is 9.10. The van der Waals surface area contributed by atoms with Gasteiger partial charge in [0, 0.05) is 11.0 Å². The van der Waals surface area contributed by atoms with Crippen LogP contribution in [0.2, 0.25) is 0 Å². The molecule has 1 amide bonds. The number of allylic oxidation sites excluding steroid dienone is 1. The number of hydrogen-bond acceptors (Lipinski definition) is 3. The topological polar surface area (TPSA) is 50.7 Å². The van der Waals surface area contributed by atoms with Crippen LogP contribution in [0.5, 0.6) is 0 Å². The van der Waals surface area contributed by atoms with E-state index >= 15 is 0 Å². The average molecular weight is 381 g/mol. The molecule has 0 aliphatic heterocycles. The second kappa shape index (κ2) is 11.0. The summed E-state index contributed by atoms with van der Waals surface area (Å²) in [6, 6.07) is 7.99. The van der Waals surface area contributed by atoms with E-state index in [-0.39, 0.29) is 0 Å². The lowest BCUT2D eigenvalue weighted by atomic mass is 10.0. The van der Waals surface area contributed by atoms with Gasteiger partial charge in [-0.1, -0.05) is 60.1 Å². The van der Waals surface area contributed by atoms with E-state index in [0.717, 1.165) is 35.0 Å². The molecule has 0 aromatic heterocycles. The summed E-state index contributed by atoms with van der Waals surface area (Å²) in [7, 11) is 0. The summed E-state index contributed by atoms with van der Waals surface area (Å²) in [6.07, 6.45) is 5.99. The predicted octanol–water partition coefficient (Wildman–Crippen LogP) is 5.39. The minimum absolute atomic E-state index is 0.508. The molecule has 5 heteroatoms. The van der Waals surface area contributed by atoms with Gasteiger partial charge in [-0.05, 0) is 49.0 Å². The number of carbonyl (C=O) groups excluding carboxylic acids is 1. The van der Waals surface area contributed by atoms with Crippen LogP contribution in [0.1, 0.15) is 45.6 Å². The first-order valence-corrected chi connectivity index (χ1v) is 8.76. The fourth-order valence-electron chi connectivity index (χ4n) is 1.72. The molecule has 1 N–H and O–H groups in total. The van der Waals surface area contributed by atoms with E-state index in [4.69, 9.17) is 4.84 Å². The highest BCUT2D eigenvalue weighted by Gasteiger charge is 2.03. The van der Waals surface area contributed by atoms with Crippen LogP contribution < -0.4 is 5.32 Å². The molecule has 0 heterocycles. The lowest BCUT2D eigenvalue weighted by Crippen LogP contribution is -2.23. The molecule has 0 bridgehead atoms. The lowest BCUT2D eigenvalue weighted by molar-refractivity contribution is 0.150. The third-order valence-electron chi connectivity index (χ3n) is 3.08. The Kier molecular flexibility index (Phi) is 9.29. The number of rotatable bonds is 8. The molecule has 0 aliphatic rings. The monoisotopic (exact) mass is 380 g/mol. The molecule has 0 aliphatic carbocycles. The molecule has 126 valence electrons. The zero-order valence-corrected chi connectivity index (χ0v) is 15.6. The predicted molar refractivity (Wildman–Crippen MR) is 99.5 cm³/mol. The lowest BCUT2D eigenvalue weighted by Gasteiger charge is -2.05. The molecule has 23 heavy (non-hydrogen) atoms.